The molecule has 3 heterocycles. The van der Waals surface area contributed by atoms with Crippen molar-refractivity contribution in [2.24, 2.45) is 35.5 Å². The van der Waals surface area contributed by atoms with E-state index in [1.807, 2.05) is 23.5 Å². The zero-order valence-corrected chi connectivity index (χ0v) is 24.1. The van der Waals surface area contributed by atoms with Crippen molar-refractivity contribution in [2.45, 2.75) is 95.5 Å². The van der Waals surface area contributed by atoms with Crippen LogP contribution in [0.5, 0.6) is 0 Å². The number of hydrazine groups is 1. The van der Waals surface area contributed by atoms with Gasteiger partial charge in [-0.15, -0.1) is 0 Å². The molecule has 7 nitrogen and oxygen atoms in total. The molecular formula is C28H52N4O3S. The molecule has 0 aromatic carbocycles. The molecule has 1 N–H and O–H groups in total. The molecule has 2 aliphatic carbocycles. The van der Waals surface area contributed by atoms with Gasteiger partial charge < -0.3 is 4.74 Å². The van der Waals surface area contributed by atoms with Crippen LogP contribution in [0.3, 0.4) is 0 Å². The average molecular weight is 525 g/mol. The van der Waals surface area contributed by atoms with Crippen molar-refractivity contribution in [1.29, 1.82) is 0 Å². The first-order chi connectivity index (χ1) is 17.3. The lowest BCUT2D eigenvalue weighted by Crippen LogP contribution is -2.71. The van der Waals surface area contributed by atoms with Crippen molar-refractivity contribution >= 4 is 10.0 Å². The number of hydrogen-bond acceptors (Lipinski definition) is 6. The minimum absolute atomic E-state index is 0.343. The quantitative estimate of drug-likeness (QED) is 0.571. The van der Waals surface area contributed by atoms with Gasteiger partial charge >= 0.3 is 0 Å². The number of hydrogen-bond donors (Lipinski definition) is 1. The van der Waals surface area contributed by atoms with Crippen molar-refractivity contribution in [3.63, 3.8) is 0 Å². The molecule has 7 atom stereocenters. The average Bonchev–Trinajstić information content (AvgIpc) is 3.29. The van der Waals surface area contributed by atoms with Crippen molar-refractivity contribution in [1.82, 2.24) is 19.6 Å². The first-order valence-corrected chi connectivity index (χ1v) is 16.5. The van der Waals surface area contributed by atoms with E-state index in [0.717, 1.165) is 56.2 Å². The Morgan fingerprint density at radius 3 is 2.33 bits per heavy atom. The minimum Gasteiger partial charge on any atom is -0.383 e. The van der Waals surface area contributed by atoms with Crippen LogP contribution in [0.1, 0.15) is 78.1 Å². The summed E-state index contributed by atoms with van der Waals surface area (Å²) in [6.07, 6.45) is 12.3. The van der Waals surface area contributed by atoms with Crippen molar-refractivity contribution in [2.75, 3.05) is 46.9 Å². The Morgan fingerprint density at radius 1 is 0.917 bits per heavy atom. The molecular weight excluding hydrogens is 472 g/mol. The van der Waals surface area contributed by atoms with E-state index in [9.17, 15) is 8.42 Å². The maximum atomic E-state index is 13.7. The lowest BCUT2D eigenvalue weighted by atomic mass is 9.60. The van der Waals surface area contributed by atoms with Gasteiger partial charge in [0.25, 0.3) is 0 Å². The highest BCUT2D eigenvalue weighted by atomic mass is 32.2. The zero-order chi connectivity index (χ0) is 25.4. The Balaban J connectivity index is 1.28. The van der Waals surface area contributed by atoms with Gasteiger partial charge in [0, 0.05) is 45.9 Å². The van der Waals surface area contributed by atoms with Crippen LogP contribution in [0.2, 0.25) is 0 Å². The standard InChI is InChI=1S/C28H52N4O3S/c1-20-8-7-9-24(21(20)2)22-10-12-23(13-11-22)28-25-18-31(36(33,34)27-14-15-29-30(27)3)16-5-6-17-32(25)26(28)19-35-4/h20-29H,5-19H2,1-4H3/t20?,21?,22?,23?,24?,25?,26-,27?,28+/m1/s1. The zero-order valence-electron chi connectivity index (χ0n) is 23.3. The molecule has 5 fully saturated rings. The van der Waals surface area contributed by atoms with Crippen molar-refractivity contribution in [3.05, 3.63) is 0 Å². The summed E-state index contributed by atoms with van der Waals surface area (Å²) in [6.45, 7) is 8.91. The van der Waals surface area contributed by atoms with Crippen LogP contribution in [0.15, 0.2) is 0 Å². The predicted octanol–water partition coefficient (Wildman–Crippen LogP) is 3.77. The molecule has 0 spiro atoms. The van der Waals surface area contributed by atoms with Crippen LogP contribution in [0.4, 0.5) is 0 Å². The number of sulfonamides is 1. The van der Waals surface area contributed by atoms with E-state index in [1.165, 1.54) is 44.9 Å². The molecule has 3 saturated heterocycles. The molecule has 0 aromatic heterocycles. The minimum atomic E-state index is -3.35. The topological polar surface area (TPSA) is 65.1 Å². The highest BCUT2D eigenvalue weighted by molar-refractivity contribution is 7.89. The monoisotopic (exact) mass is 524 g/mol. The van der Waals surface area contributed by atoms with Gasteiger partial charge in [-0.2, -0.15) is 4.31 Å². The van der Waals surface area contributed by atoms with Crippen molar-refractivity contribution < 1.29 is 13.2 Å². The van der Waals surface area contributed by atoms with Crippen LogP contribution >= 0.6 is 0 Å². The van der Waals surface area contributed by atoms with Gasteiger partial charge in [-0.25, -0.2) is 13.4 Å². The molecule has 5 rings (SSSR count). The van der Waals surface area contributed by atoms with Gasteiger partial charge in [0.1, 0.15) is 5.37 Å². The SMILES string of the molecule is COC[C@@H]1[C@@H](C2CCC(C3CCCC(C)C3C)CC2)C2CN(S(=O)(=O)C3CCNN3C)CCCCN21. The van der Waals surface area contributed by atoms with Crippen LogP contribution in [-0.4, -0.2) is 87.0 Å². The molecule has 0 aromatic rings. The Labute approximate surface area is 220 Å². The Kier molecular flexibility index (Phi) is 8.70. The number of nitrogens with one attached hydrogen (secondary N) is 1. The molecule has 36 heavy (non-hydrogen) atoms. The maximum Gasteiger partial charge on any atom is 0.231 e. The molecule has 3 aliphatic heterocycles. The van der Waals surface area contributed by atoms with Gasteiger partial charge in [0.15, 0.2) is 0 Å². The van der Waals surface area contributed by atoms with E-state index < -0.39 is 15.4 Å². The van der Waals surface area contributed by atoms with Crippen LogP contribution in [-0.2, 0) is 14.8 Å². The van der Waals surface area contributed by atoms with E-state index in [4.69, 9.17) is 4.74 Å². The fourth-order valence-corrected chi connectivity index (χ4v) is 10.9. The van der Waals surface area contributed by atoms with E-state index in [-0.39, 0.29) is 0 Å². The van der Waals surface area contributed by atoms with E-state index >= 15 is 0 Å². The summed E-state index contributed by atoms with van der Waals surface area (Å²) in [6, 6.07) is 0.795. The number of fused-ring (bicyclic) bond motifs is 1. The lowest BCUT2D eigenvalue weighted by molar-refractivity contribution is -0.128. The third-order valence-corrected chi connectivity index (χ3v) is 13.5. The van der Waals surface area contributed by atoms with Gasteiger partial charge in [-0.05, 0) is 93.4 Å². The van der Waals surface area contributed by atoms with Gasteiger partial charge in [0.2, 0.25) is 10.0 Å². The Hall–Kier alpha value is -0.250. The normalized spacial score (nSPS) is 43.9. The molecule has 5 unspecified atom stereocenters. The number of nitrogens with zero attached hydrogens (tertiary/aromatic N) is 3. The number of methoxy groups -OCH3 is 1. The maximum absolute atomic E-state index is 13.7. The van der Waals surface area contributed by atoms with Gasteiger partial charge in [0.05, 0.1) is 6.61 Å². The summed E-state index contributed by atoms with van der Waals surface area (Å²) in [5.74, 6) is 4.83. The molecule has 0 bridgehead atoms. The Bertz CT molecular complexity index is 833. The third-order valence-electron chi connectivity index (χ3n) is 11.2. The summed E-state index contributed by atoms with van der Waals surface area (Å²) in [5.41, 5.74) is 3.20. The summed E-state index contributed by atoms with van der Waals surface area (Å²) < 4.78 is 35.0. The molecule has 8 heteroatoms. The fraction of sp³-hybridized carbons (Fsp3) is 1.00. The number of rotatable bonds is 6. The fourth-order valence-electron chi connectivity index (χ4n) is 8.95. The van der Waals surface area contributed by atoms with Crippen LogP contribution in [0.25, 0.3) is 0 Å². The highest BCUT2D eigenvalue weighted by Gasteiger charge is 2.54. The summed E-state index contributed by atoms with van der Waals surface area (Å²) in [4.78, 5) is 2.61. The van der Waals surface area contributed by atoms with Crippen LogP contribution < -0.4 is 5.43 Å². The second-order valence-electron chi connectivity index (χ2n) is 12.9. The highest BCUT2D eigenvalue weighted by Crippen LogP contribution is 2.50. The molecule has 2 saturated carbocycles. The van der Waals surface area contributed by atoms with Crippen molar-refractivity contribution in [3.8, 4) is 0 Å². The van der Waals surface area contributed by atoms with E-state index in [0.29, 0.717) is 43.4 Å². The molecule has 5 aliphatic rings. The van der Waals surface area contributed by atoms with Gasteiger partial charge in [-0.1, -0.05) is 26.7 Å². The number of ether oxygens (including phenoxy) is 1. The molecule has 0 radical (unpaired) electrons. The predicted molar refractivity (Wildman–Crippen MR) is 145 cm³/mol. The summed E-state index contributed by atoms with van der Waals surface area (Å²) in [7, 11) is 0.351. The first-order valence-electron chi connectivity index (χ1n) is 15.0. The summed E-state index contributed by atoms with van der Waals surface area (Å²) >= 11 is 0. The van der Waals surface area contributed by atoms with Crippen LogP contribution in [0, 0.1) is 35.5 Å². The van der Waals surface area contributed by atoms with E-state index in [2.05, 4.69) is 24.2 Å². The summed E-state index contributed by atoms with van der Waals surface area (Å²) in [5, 5.41) is 1.38. The smallest absolute Gasteiger partial charge is 0.231 e. The second-order valence-corrected chi connectivity index (χ2v) is 15.0. The molecule has 0 amide bonds. The largest absolute Gasteiger partial charge is 0.383 e. The third kappa shape index (κ3) is 5.16. The lowest BCUT2D eigenvalue weighted by Gasteiger charge is -2.60. The van der Waals surface area contributed by atoms with E-state index in [1.54, 1.807) is 0 Å². The first kappa shape index (κ1) is 27.3. The molecule has 208 valence electrons. The second kappa shape index (κ2) is 11.5. The van der Waals surface area contributed by atoms with Gasteiger partial charge in [-0.3, -0.25) is 10.3 Å². The Morgan fingerprint density at radius 2 is 1.64 bits per heavy atom.